The Morgan fingerprint density at radius 1 is 1.47 bits per heavy atom. The molecule has 82 valence electrons. The summed E-state index contributed by atoms with van der Waals surface area (Å²) in [7, 11) is 0. The predicted molar refractivity (Wildman–Crippen MR) is 64.3 cm³/mol. The summed E-state index contributed by atoms with van der Waals surface area (Å²) in [5, 5.41) is 0. The maximum Gasteiger partial charge on any atom is 0.188 e. The molecule has 3 heteroatoms. The minimum Gasteiger partial charge on any atom is -0.371 e. The molecule has 0 saturated carbocycles. The lowest BCUT2D eigenvalue weighted by molar-refractivity contribution is 0.0584. The van der Waals surface area contributed by atoms with Crippen LogP contribution in [0.1, 0.15) is 29.8 Å². The molecule has 0 atom stereocenters. The van der Waals surface area contributed by atoms with E-state index in [-0.39, 0.29) is 18.5 Å². The van der Waals surface area contributed by atoms with Crippen molar-refractivity contribution in [1.82, 2.24) is 0 Å². The minimum atomic E-state index is 0.0358. The Balaban J connectivity index is 2.74. The van der Waals surface area contributed by atoms with E-state index in [9.17, 15) is 4.79 Å². The van der Waals surface area contributed by atoms with Crippen LogP contribution in [0.15, 0.2) is 22.7 Å². The van der Waals surface area contributed by atoms with Crippen molar-refractivity contribution >= 4 is 21.7 Å². The van der Waals surface area contributed by atoms with Gasteiger partial charge in [0.2, 0.25) is 0 Å². The number of Topliss-reactive ketones (excluding diaryl/α,β-unsaturated/α-hetero) is 1. The fraction of sp³-hybridized carbons (Fsp3) is 0.417. The van der Waals surface area contributed by atoms with Crippen LogP contribution < -0.4 is 0 Å². The Morgan fingerprint density at radius 2 is 2.13 bits per heavy atom. The van der Waals surface area contributed by atoms with Crippen molar-refractivity contribution < 1.29 is 9.53 Å². The molecule has 1 aromatic rings. The summed E-state index contributed by atoms with van der Waals surface area (Å²) in [5.74, 6) is 0.0358. The maximum atomic E-state index is 11.7. The van der Waals surface area contributed by atoms with Crippen LogP contribution in [-0.2, 0) is 4.74 Å². The highest BCUT2D eigenvalue weighted by Crippen LogP contribution is 2.16. The second kappa shape index (κ2) is 5.42. The fourth-order valence-electron chi connectivity index (χ4n) is 1.26. The SMILES string of the molecule is Cc1cc(Br)ccc1C(=O)COC(C)C. The number of hydrogen-bond acceptors (Lipinski definition) is 2. The number of halogens is 1. The zero-order valence-electron chi connectivity index (χ0n) is 9.21. The third-order valence-electron chi connectivity index (χ3n) is 2.04. The number of benzene rings is 1. The van der Waals surface area contributed by atoms with Crippen molar-refractivity contribution in [3.63, 3.8) is 0 Å². The smallest absolute Gasteiger partial charge is 0.188 e. The molecule has 1 aromatic carbocycles. The third-order valence-corrected chi connectivity index (χ3v) is 2.53. The number of rotatable bonds is 4. The quantitative estimate of drug-likeness (QED) is 0.785. The molecule has 0 radical (unpaired) electrons. The summed E-state index contributed by atoms with van der Waals surface area (Å²) in [5.41, 5.74) is 1.71. The van der Waals surface area contributed by atoms with Crippen LogP contribution in [0.25, 0.3) is 0 Å². The number of aryl methyl sites for hydroxylation is 1. The number of carbonyl (C=O) groups is 1. The van der Waals surface area contributed by atoms with Gasteiger partial charge in [-0.05, 0) is 44.5 Å². The molecule has 0 bridgehead atoms. The van der Waals surface area contributed by atoms with Gasteiger partial charge in [-0.15, -0.1) is 0 Å². The molecule has 15 heavy (non-hydrogen) atoms. The minimum absolute atomic E-state index is 0.0358. The van der Waals surface area contributed by atoms with Crippen molar-refractivity contribution in [3.8, 4) is 0 Å². The van der Waals surface area contributed by atoms with E-state index in [1.165, 1.54) is 0 Å². The van der Waals surface area contributed by atoms with Gasteiger partial charge in [-0.2, -0.15) is 0 Å². The highest BCUT2D eigenvalue weighted by molar-refractivity contribution is 9.10. The summed E-state index contributed by atoms with van der Waals surface area (Å²) < 4.78 is 6.27. The summed E-state index contributed by atoms with van der Waals surface area (Å²) in [6.45, 7) is 5.91. The first-order valence-corrected chi connectivity index (χ1v) is 5.71. The standard InChI is InChI=1S/C12H15BrO2/c1-8(2)15-7-12(14)11-5-4-10(13)6-9(11)3/h4-6,8H,7H2,1-3H3. The van der Waals surface area contributed by atoms with Crippen LogP contribution in [0.2, 0.25) is 0 Å². The van der Waals surface area contributed by atoms with Crippen LogP contribution in [0.5, 0.6) is 0 Å². The summed E-state index contributed by atoms with van der Waals surface area (Å²) in [6, 6.07) is 5.63. The molecule has 1 rings (SSSR count). The van der Waals surface area contributed by atoms with E-state index in [0.29, 0.717) is 0 Å². The topological polar surface area (TPSA) is 26.3 Å². The molecule has 0 aromatic heterocycles. The first kappa shape index (κ1) is 12.4. The van der Waals surface area contributed by atoms with Gasteiger partial charge in [-0.25, -0.2) is 0 Å². The maximum absolute atomic E-state index is 11.7. The normalized spacial score (nSPS) is 10.7. The van der Waals surface area contributed by atoms with Crippen LogP contribution in [-0.4, -0.2) is 18.5 Å². The van der Waals surface area contributed by atoms with Gasteiger partial charge in [0.05, 0.1) is 6.10 Å². The van der Waals surface area contributed by atoms with Gasteiger partial charge in [0.25, 0.3) is 0 Å². The second-order valence-corrected chi connectivity index (χ2v) is 4.66. The molecule has 0 aliphatic rings. The van der Waals surface area contributed by atoms with Gasteiger partial charge in [0.1, 0.15) is 6.61 Å². The summed E-state index contributed by atoms with van der Waals surface area (Å²) in [6.07, 6.45) is 0.0877. The highest BCUT2D eigenvalue weighted by atomic mass is 79.9. The molecular weight excluding hydrogens is 256 g/mol. The Labute approximate surface area is 98.8 Å². The molecule has 0 unspecified atom stereocenters. The molecule has 2 nitrogen and oxygen atoms in total. The Hall–Kier alpha value is -0.670. The van der Waals surface area contributed by atoms with E-state index < -0.39 is 0 Å². The predicted octanol–water partition coefficient (Wildman–Crippen LogP) is 3.37. The van der Waals surface area contributed by atoms with Gasteiger partial charge in [0.15, 0.2) is 5.78 Å². The lowest BCUT2D eigenvalue weighted by Gasteiger charge is -2.08. The van der Waals surface area contributed by atoms with Crippen LogP contribution in [0.4, 0.5) is 0 Å². The average Bonchev–Trinajstić information content (AvgIpc) is 2.14. The first-order valence-electron chi connectivity index (χ1n) is 4.91. The largest absolute Gasteiger partial charge is 0.371 e. The van der Waals surface area contributed by atoms with Crippen LogP contribution >= 0.6 is 15.9 Å². The van der Waals surface area contributed by atoms with Crippen molar-refractivity contribution in [2.24, 2.45) is 0 Å². The monoisotopic (exact) mass is 270 g/mol. The van der Waals surface area contributed by atoms with Gasteiger partial charge in [-0.1, -0.05) is 15.9 Å². The van der Waals surface area contributed by atoms with Gasteiger partial charge >= 0.3 is 0 Å². The van der Waals surface area contributed by atoms with Crippen molar-refractivity contribution in [1.29, 1.82) is 0 Å². The molecule has 0 spiro atoms. The van der Waals surface area contributed by atoms with Crippen LogP contribution in [0.3, 0.4) is 0 Å². The lowest BCUT2D eigenvalue weighted by atomic mass is 10.1. The fourth-order valence-corrected chi connectivity index (χ4v) is 1.74. The van der Waals surface area contributed by atoms with Crippen molar-refractivity contribution in [2.45, 2.75) is 26.9 Å². The molecule has 0 fully saturated rings. The Kier molecular flexibility index (Phi) is 4.48. The lowest BCUT2D eigenvalue weighted by Crippen LogP contribution is -2.14. The third kappa shape index (κ3) is 3.76. The number of ether oxygens (including phenoxy) is 1. The number of ketones is 1. The van der Waals surface area contributed by atoms with Gasteiger partial charge in [0, 0.05) is 10.0 Å². The second-order valence-electron chi connectivity index (χ2n) is 3.74. The van der Waals surface area contributed by atoms with E-state index in [4.69, 9.17) is 4.74 Å². The average molecular weight is 271 g/mol. The van der Waals surface area contributed by atoms with E-state index >= 15 is 0 Å². The van der Waals surface area contributed by atoms with Gasteiger partial charge < -0.3 is 4.74 Å². The molecule has 0 N–H and O–H groups in total. The zero-order valence-corrected chi connectivity index (χ0v) is 10.8. The van der Waals surface area contributed by atoms with Gasteiger partial charge in [-0.3, -0.25) is 4.79 Å². The van der Waals surface area contributed by atoms with Crippen molar-refractivity contribution in [3.05, 3.63) is 33.8 Å². The zero-order chi connectivity index (χ0) is 11.4. The molecule has 0 saturated heterocycles. The van der Waals surface area contributed by atoms with E-state index in [0.717, 1.165) is 15.6 Å². The molecule has 0 aliphatic carbocycles. The van der Waals surface area contributed by atoms with E-state index in [1.54, 1.807) is 0 Å². The van der Waals surface area contributed by atoms with Crippen molar-refractivity contribution in [2.75, 3.05) is 6.61 Å². The number of hydrogen-bond donors (Lipinski definition) is 0. The van der Waals surface area contributed by atoms with E-state index in [1.807, 2.05) is 39.0 Å². The molecule has 0 amide bonds. The first-order chi connectivity index (χ1) is 7.00. The highest BCUT2D eigenvalue weighted by Gasteiger charge is 2.09. The van der Waals surface area contributed by atoms with Crippen LogP contribution in [0, 0.1) is 6.92 Å². The Bertz CT molecular complexity index is 359. The summed E-state index contributed by atoms with van der Waals surface area (Å²) >= 11 is 3.37. The number of carbonyl (C=O) groups excluding carboxylic acids is 1. The van der Waals surface area contributed by atoms with E-state index in [2.05, 4.69) is 15.9 Å². The molecular formula is C12H15BrO2. The Morgan fingerprint density at radius 3 is 2.67 bits per heavy atom. The molecule has 0 aliphatic heterocycles. The summed E-state index contributed by atoms with van der Waals surface area (Å²) in [4.78, 5) is 11.7. The molecule has 0 heterocycles.